The number of benzene rings is 1. The second kappa shape index (κ2) is 14.6. The van der Waals surface area contributed by atoms with E-state index in [0.29, 0.717) is 43.6 Å². The number of ether oxygens (including phenoxy) is 2. The molecule has 0 unspecified atom stereocenters. The van der Waals surface area contributed by atoms with Gasteiger partial charge in [-0.1, -0.05) is 37.1 Å². The summed E-state index contributed by atoms with van der Waals surface area (Å²) in [6.45, 7) is 0.368. The number of sulfonamides is 1. The second-order valence-corrected chi connectivity index (χ2v) is 17.9. The van der Waals surface area contributed by atoms with E-state index in [1.807, 2.05) is 36.4 Å². The Labute approximate surface area is 319 Å². The number of rotatable bonds is 3. The predicted molar refractivity (Wildman–Crippen MR) is 198 cm³/mol. The highest BCUT2D eigenvalue weighted by Gasteiger charge is 2.62. The number of hydrogen-bond donors (Lipinski definition) is 4. The number of carbonyl (C=O) groups is 5. The van der Waals surface area contributed by atoms with E-state index >= 15 is 0 Å². The van der Waals surface area contributed by atoms with E-state index in [9.17, 15) is 32.4 Å². The minimum Gasteiger partial charge on any atom is -0.493 e. The first-order chi connectivity index (χ1) is 26.4. The molecule has 292 valence electrons. The van der Waals surface area contributed by atoms with Crippen molar-refractivity contribution in [2.45, 2.75) is 99.5 Å². The molecule has 1 saturated heterocycles. The maximum absolute atomic E-state index is 14.5. The van der Waals surface area contributed by atoms with Gasteiger partial charge in [0.25, 0.3) is 11.8 Å². The van der Waals surface area contributed by atoms with Gasteiger partial charge < -0.3 is 30.3 Å². The van der Waals surface area contributed by atoms with Crippen molar-refractivity contribution in [3.63, 3.8) is 0 Å². The number of nitrogens with one attached hydrogen (secondary N) is 4. The van der Waals surface area contributed by atoms with E-state index < -0.39 is 74.6 Å². The normalized spacial score (nSPS) is 29.6. The summed E-state index contributed by atoms with van der Waals surface area (Å²) < 4.78 is 39.7. The van der Waals surface area contributed by atoms with Crippen molar-refractivity contribution < 1.29 is 41.9 Å². The van der Waals surface area contributed by atoms with Gasteiger partial charge >= 0.3 is 6.09 Å². The molecule has 0 radical (unpaired) electrons. The summed E-state index contributed by atoms with van der Waals surface area (Å²) >= 11 is 0. The van der Waals surface area contributed by atoms with Crippen LogP contribution in [0.3, 0.4) is 0 Å². The number of pyridine rings is 1. The molecule has 1 spiro atoms. The average Bonchev–Trinajstić information content (AvgIpc) is 4.09. The molecule has 5 amide bonds. The van der Waals surface area contributed by atoms with Gasteiger partial charge in [0.15, 0.2) is 0 Å². The quantitative estimate of drug-likeness (QED) is 0.336. The molecule has 4 N–H and O–H groups in total. The van der Waals surface area contributed by atoms with Crippen molar-refractivity contribution in [1.82, 2.24) is 30.6 Å². The summed E-state index contributed by atoms with van der Waals surface area (Å²) in [5, 5.41) is 7.94. The molecule has 1 aromatic heterocycles. The average molecular weight is 775 g/mol. The Balaban J connectivity index is 1.11. The van der Waals surface area contributed by atoms with Crippen LogP contribution in [0.4, 0.5) is 4.79 Å². The zero-order valence-corrected chi connectivity index (χ0v) is 31.3. The number of carbonyl (C=O) groups excluding carboxylic acids is 5. The highest BCUT2D eigenvalue weighted by molar-refractivity contribution is 7.91. The molecule has 3 aliphatic heterocycles. The van der Waals surface area contributed by atoms with Crippen LogP contribution in [0.25, 0.3) is 11.1 Å². The number of fused-ring (bicyclic) bond motifs is 8. The van der Waals surface area contributed by atoms with Crippen LogP contribution in [-0.2, 0) is 29.1 Å². The maximum atomic E-state index is 14.5. The van der Waals surface area contributed by atoms with Gasteiger partial charge in [0.05, 0.1) is 17.4 Å². The number of hydrogen-bond acceptors (Lipinski definition) is 10. The molecule has 4 heterocycles. The van der Waals surface area contributed by atoms with E-state index in [0.717, 1.165) is 31.2 Å². The topological polar surface area (TPSA) is 202 Å². The lowest BCUT2D eigenvalue weighted by Gasteiger charge is -2.30. The fourth-order valence-electron chi connectivity index (χ4n) is 7.81. The molecule has 7 bridgehead atoms. The number of cyclic esters (lactones) is 1. The van der Waals surface area contributed by atoms with Crippen LogP contribution in [0.5, 0.6) is 5.75 Å². The summed E-state index contributed by atoms with van der Waals surface area (Å²) in [6.07, 6.45) is 11.9. The third kappa shape index (κ3) is 8.05. The Hall–Kier alpha value is -4.99. The van der Waals surface area contributed by atoms with Crippen LogP contribution >= 0.6 is 0 Å². The molecular weight excluding hydrogens is 729 g/mol. The van der Waals surface area contributed by atoms with Gasteiger partial charge in [0.1, 0.15) is 30.0 Å². The van der Waals surface area contributed by atoms with Crippen molar-refractivity contribution in [1.29, 1.82) is 0 Å². The van der Waals surface area contributed by atoms with Gasteiger partial charge in [-0.25, -0.2) is 13.2 Å². The fourth-order valence-corrected chi connectivity index (χ4v) is 9.17. The Morgan fingerprint density at radius 2 is 1.73 bits per heavy atom. The Kier molecular flexibility index (Phi) is 9.80. The maximum Gasteiger partial charge on any atom is 0.407 e. The van der Waals surface area contributed by atoms with Crippen molar-refractivity contribution in [3.05, 3.63) is 60.4 Å². The largest absolute Gasteiger partial charge is 0.493 e. The Morgan fingerprint density at radius 3 is 2.53 bits per heavy atom. The summed E-state index contributed by atoms with van der Waals surface area (Å²) in [7, 11) is -3.91. The van der Waals surface area contributed by atoms with E-state index in [-0.39, 0.29) is 43.4 Å². The second-order valence-electron chi connectivity index (χ2n) is 16.0. The van der Waals surface area contributed by atoms with E-state index in [1.54, 1.807) is 12.3 Å². The Bertz CT molecular complexity index is 2030. The lowest BCUT2D eigenvalue weighted by molar-refractivity contribution is -0.141. The van der Waals surface area contributed by atoms with Crippen LogP contribution in [0.2, 0.25) is 0 Å². The first kappa shape index (κ1) is 37.0. The molecule has 2 aromatic rings. The van der Waals surface area contributed by atoms with E-state index in [1.165, 1.54) is 11.1 Å². The highest BCUT2D eigenvalue weighted by Crippen LogP contribution is 2.47. The number of nitrogens with zero attached hydrogens (tertiary/aromatic N) is 2. The summed E-state index contributed by atoms with van der Waals surface area (Å²) in [5.41, 5.74) is -0.142. The van der Waals surface area contributed by atoms with Gasteiger partial charge in [0.2, 0.25) is 21.8 Å². The summed E-state index contributed by atoms with van der Waals surface area (Å²) in [4.78, 5) is 75.2. The number of aromatic nitrogens is 1. The molecular formula is C39H46N6O9S. The van der Waals surface area contributed by atoms with Gasteiger partial charge in [-0.2, -0.15) is 0 Å². The molecule has 55 heavy (non-hydrogen) atoms. The van der Waals surface area contributed by atoms with Gasteiger partial charge in [-0.3, -0.25) is 28.9 Å². The molecule has 4 fully saturated rings. The highest BCUT2D eigenvalue weighted by atomic mass is 32.2. The fraction of sp³-hybridized carbons (Fsp3) is 0.538. The molecule has 5 atom stereocenters. The smallest absolute Gasteiger partial charge is 0.407 e. The SMILES string of the molecule is O=C1N[C@H]2CCCCCC=C[C@@H]3C[C@@]3(C(=O)NS(=O)(=O)C3CC3)NC(=O)[C@@H]3C[C@H](CN3C2=O)NC(=O)c2cncc(c2)-c2cccc(c2)OCC2(CC2)CO1. The lowest BCUT2D eigenvalue weighted by Crippen LogP contribution is -2.58. The standard InChI is InChI=1S/C39H46N6O9S/c46-33-26-15-25(19-40-20-26)24-7-6-9-29(16-24)53-22-38(13-14-38)23-54-37(50)42-31-10-5-3-1-2-4-8-27-18-39(27,36(49)44-55(51,52)30-11-12-30)43-34(47)32-17-28(41-33)21-45(32)35(31)48/h4,6-9,15-16,19-20,27-28,30-32H,1-3,5,10-14,17-18,21-23H2,(H,41,46)(H,42,50)(H,43,47)(H,44,49)/t27-,28-,31+,32+,39-/m1/s1. The zero-order valence-electron chi connectivity index (χ0n) is 30.5. The third-order valence-electron chi connectivity index (χ3n) is 11.7. The van der Waals surface area contributed by atoms with Crippen molar-refractivity contribution in [3.8, 4) is 16.9 Å². The number of allylic oxidation sites excluding steroid dienone is 1. The minimum absolute atomic E-state index is 0.00802. The van der Waals surface area contributed by atoms with Crippen LogP contribution in [0, 0.1) is 11.3 Å². The number of amides is 5. The molecule has 3 saturated carbocycles. The Morgan fingerprint density at radius 1 is 0.927 bits per heavy atom. The van der Waals surface area contributed by atoms with E-state index in [4.69, 9.17) is 9.47 Å². The van der Waals surface area contributed by atoms with Gasteiger partial charge in [-0.15, -0.1) is 0 Å². The van der Waals surface area contributed by atoms with Crippen LogP contribution in [0.15, 0.2) is 54.9 Å². The number of alkyl carbamates (subject to hydrolysis) is 1. The minimum atomic E-state index is -3.91. The third-order valence-corrected chi connectivity index (χ3v) is 13.5. The lowest BCUT2D eigenvalue weighted by atomic mass is 10.0. The molecule has 3 aliphatic carbocycles. The van der Waals surface area contributed by atoms with Crippen LogP contribution < -0.4 is 25.4 Å². The van der Waals surface area contributed by atoms with Crippen molar-refractivity contribution in [2.24, 2.45) is 11.3 Å². The van der Waals surface area contributed by atoms with Crippen molar-refractivity contribution in [2.75, 3.05) is 19.8 Å². The molecule has 16 heteroatoms. The van der Waals surface area contributed by atoms with Crippen LogP contribution in [0.1, 0.15) is 81.0 Å². The van der Waals surface area contributed by atoms with Crippen molar-refractivity contribution >= 4 is 39.7 Å². The van der Waals surface area contributed by atoms with Gasteiger partial charge in [0, 0.05) is 41.9 Å². The molecule has 15 nitrogen and oxygen atoms in total. The monoisotopic (exact) mass is 774 g/mol. The molecule has 8 rings (SSSR count). The summed E-state index contributed by atoms with van der Waals surface area (Å²) in [5.74, 6) is -2.28. The molecule has 1 aromatic carbocycles. The first-order valence-corrected chi connectivity index (χ1v) is 20.8. The summed E-state index contributed by atoms with van der Waals surface area (Å²) in [6, 6.07) is 6.29. The first-order valence-electron chi connectivity index (χ1n) is 19.2. The molecule has 6 aliphatic rings. The van der Waals surface area contributed by atoms with Crippen LogP contribution in [-0.4, -0.2) is 96.7 Å². The van der Waals surface area contributed by atoms with Gasteiger partial charge in [-0.05, 0) is 81.5 Å². The van der Waals surface area contributed by atoms with E-state index in [2.05, 4.69) is 25.7 Å². The predicted octanol–water partition coefficient (Wildman–Crippen LogP) is 2.72. The zero-order chi connectivity index (χ0) is 38.4.